The largest absolute Gasteiger partial charge is 0.382 e. The maximum atomic E-state index is 6.98. The van der Waals surface area contributed by atoms with Crippen LogP contribution in [0.5, 0.6) is 0 Å². The molecule has 0 spiro atoms. The first-order chi connectivity index (χ1) is 4.70. The highest BCUT2D eigenvalue weighted by Gasteiger charge is 1.96. The topological polar surface area (TPSA) is 75.7 Å². The van der Waals surface area contributed by atoms with E-state index >= 15 is 0 Å². The molecular formula is C6H7N4. The van der Waals surface area contributed by atoms with Crippen LogP contribution in [0.2, 0.25) is 0 Å². The summed E-state index contributed by atoms with van der Waals surface area (Å²) in [6, 6.07) is 0. The second kappa shape index (κ2) is 2.43. The third-order valence-corrected chi connectivity index (χ3v) is 0.960. The van der Waals surface area contributed by atoms with Gasteiger partial charge in [0, 0.05) is 6.20 Å². The van der Waals surface area contributed by atoms with Gasteiger partial charge in [-0.3, -0.25) is 10.4 Å². The first-order valence-corrected chi connectivity index (χ1v) is 2.68. The highest BCUT2D eigenvalue weighted by Crippen LogP contribution is 1.91. The van der Waals surface area contributed by atoms with Crippen LogP contribution < -0.4 is 5.73 Å². The third-order valence-electron chi connectivity index (χ3n) is 0.960. The summed E-state index contributed by atoms with van der Waals surface area (Å²) in [6.07, 6.45) is 2.93. The van der Waals surface area contributed by atoms with Crippen LogP contribution in [0.3, 0.4) is 0 Å². The Morgan fingerprint density at radius 2 is 2.30 bits per heavy atom. The number of hydrogen-bond donors (Lipinski definition) is 2. The number of hydrogen-bond acceptors (Lipinski definition) is 3. The Morgan fingerprint density at radius 3 is 2.70 bits per heavy atom. The molecule has 3 N–H and O–H groups in total. The summed E-state index contributed by atoms with van der Waals surface area (Å²) >= 11 is 0. The minimum absolute atomic E-state index is 0.0852. The molecule has 0 amide bonds. The second-order valence-electron chi connectivity index (χ2n) is 1.81. The van der Waals surface area contributed by atoms with Crippen molar-refractivity contribution >= 4 is 5.84 Å². The summed E-state index contributed by atoms with van der Waals surface area (Å²) < 4.78 is 0. The van der Waals surface area contributed by atoms with E-state index in [-0.39, 0.29) is 5.84 Å². The lowest BCUT2D eigenvalue weighted by Crippen LogP contribution is -2.13. The van der Waals surface area contributed by atoms with E-state index in [0.29, 0.717) is 11.4 Å². The molecule has 0 saturated heterocycles. The molecule has 1 heterocycles. The van der Waals surface area contributed by atoms with E-state index in [1.807, 2.05) is 0 Å². The minimum atomic E-state index is -0.0852. The standard InChI is InChI=1S/C6H7N4/c1-4-2-9-3-5(10-4)6(7)8/h2-3H,1H2,(H3,7,8). The predicted octanol–water partition coefficient (Wildman–Crippen LogP) is -0.0571. The normalized spacial score (nSPS) is 9.30. The molecule has 10 heavy (non-hydrogen) atoms. The molecule has 4 heteroatoms. The van der Waals surface area contributed by atoms with Gasteiger partial charge in [-0.15, -0.1) is 0 Å². The van der Waals surface area contributed by atoms with Gasteiger partial charge >= 0.3 is 0 Å². The fourth-order valence-electron chi connectivity index (χ4n) is 0.536. The predicted molar refractivity (Wildman–Crippen MR) is 37.5 cm³/mol. The van der Waals surface area contributed by atoms with Crippen molar-refractivity contribution in [1.29, 1.82) is 5.41 Å². The molecule has 1 aromatic heterocycles. The van der Waals surface area contributed by atoms with Gasteiger partial charge in [0.1, 0.15) is 11.5 Å². The van der Waals surface area contributed by atoms with Crippen LogP contribution in [-0.2, 0) is 0 Å². The van der Waals surface area contributed by atoms with Crippen molar-refractivity contribution in [3.05, 3.63) is 30.7 Å². The lowest BCUT2D eigenvalue weighted by atomic mass is 10.4. The van der Waals surface area contributed by atoms with Crippen LogP contribution in [0.15, 0.2) is 12.4 Å². The van der Waals surface area contributed by atoms with Crippen LogP contribution in [-0.4, -0.2) is 15.8 Å². The maximum Gasteiger partial charge on any atom is 0.143 e. The van der Waals surface area contributed by atoms with Crippen LogP contribution in [0.1, 0.15) is 11.4 Å². The summed E-state index contributed by atoms with van der Waals surface area (Å²) in [4.78, 5) is 7.61. The van der Waals surface area contributed by atoms with Gasteiger partial charge in [-0.05, 0) is 6.92 Å². The van der Waals surface area contributed by atoms with E-state index in [2.05, 4.69) is 16.9 Å². The van der Waals surface area contributed by atoms with Crippen molar-refractivity contribution in [2.45, 2.75) is 0 Å². The summed E-state index contributed by atoms with van der Waals surface area (Å²) in [6.45, 7) is 3.54. The number of rotatable bonds is 1. The van der Waals surface area contributed by atoms with Gasteiger partial charge in [-0.25, -0.2) is 4.98 Å². The Kier molecular flexibility index (Phi) is 1.62. The third kappa shape index (κ3) is 1.28. The number of nitrogens with two attached hydrogens (primary N) is 1. The van der Waals surface area contributed by atoms with E-state index < -0.39 is 0 Å². The fourth-order valence-corrected chi connectivity index (χ4v) is 0.536. The molecule has 1 rings (SSSR count). The van der Waals surface area contributed by atoms with Gasteiger partial charge in [0.2, 0.25) is 0 Å². The zero-order chi connectivity index (χ0) is 7.56. The van der Waals surface area contributed by atoms with Crippen LogP contribution >= 0.6 is 0 Å². The van der Waals surface area contributed by atoms with Gasteiger partial charge in [0.15, 0.2) is 0 Å². The first-order valence-electron chi connectivity index (χ1n) is 2.68. The molecule has 0 unspecified atom stereocenters. The zero-order valence-electron chi connectivity index (χ0n) is 5.33. The van der Waals surface area contributed by atoms with Gasteiger partial charge in [0.25, 0.3) is 0 Å². The Bertz CT molecular complexity index is 256. The number of nitrogen functional groups attached to an aromatic ring is 1. The van der Waals surface area contributed by atoms with Crippen molar-refractivity contribution in [2.75, 3.05) is 0 Å². The van der Waals surface area contributed by atoms with E-state index in [0.717, 1.165) is 0 Å². The number of aromatic nitrogens is 2. The molecule has 0 fully saturated rings. The Morgan fingerprint density at radius 1 is 1.60 bits per heavy atom. The van der Waals surface area contributed by atoms with Gasteiger partial charge in [0.05, 0.1) is 11.9 Å². The van der Waals surface area contributed by atoms with Gasteiger partial charge < -0.3 is 5.73 Å². The summed E-state index contributed by atoms with van der Waals surface area (Å²) in [5, 5.41) is 6.98. The minimum Gasteiger partial charge on any atom is -0.382 e. The lowest BCUT2D eigenvalue weighted by Gasteiger charge is -1.95. The highest BCUT2D eigenvalue weighted by atomic mass is 14.9. The molecule has 51 valence electrons. The Balaban J connectivity index is 3.07. The molecule has 0 aliphatic carbocycles. The smallest absolute Gasteiger partial charge is 0.143 e. The molecule has 0 atom stereocenters. The van der Waals surface area contributed by atoms with E-state index in [1.54, 1.807) is 0 Å². The van der Waals surface area contributed by atoms with E-state index in [4.69, 9.17) is 11.1 Å². The fraction of sp³-hybridized carbons (Fsp3) is 0. The van der Waals surface area contributed by atoms with Crippen LogP contribution in [0, 0.1) is 12.3 Å². The quantitative estimate of drug-likeness (QED) is 0.418. The van der Waals surface area contributed by atoms with Crippen molar-refractivity contribution in [1.82, 2.24) is 9.97 Å². The van der Waals surface area contributed by atoms with Crippen molar-refractivity contribution in [3.63, 3.8) is 0 Å². The monoisotopic (exact) mass is 135 g/mol. The zero-order valence-corrected chi connectivity index (χ0v) is 5.33. The molecular weight excluding hydrogens is 128 g/mol. The average Bonchev–Trinajstić information content (AvgIpc) is 1.88. The Hall–Kier alpha value is -1.45. The molecule has 4 nitrogen and oxygen atoms in total. The molecule has 0 aliphatic heterocycles. The summed E-state index contributed by atoms with van der Waals surface area (Å²) in [5.74, 6) is -0.0852. The van der Waals surface area contributed by atoms with Crippen LogP contribution in [0.25, 0.3) is 0 Å². The second-order valence-corrected chi connectivity index (χ2v) is 1.81. The molecule has 1 aromatic rings. The SMILES string of the molecule is [CH2]c1cncc(C(=N)N)n1. The van der Waals surface area contributed by atoms with Crippen molar-refractivity contribution < 1.29 is 0 Å². The molecule has 1 radical (unpaired) electrons. The lowest BCUT2D eigenvalue weighted by molar-refractivity contribution is 1.13. The summed E-state index contributed by atoms with van der Waals surface area (Å²) in [7, 11) is 0. The number of nitrogens with one attached hydrogen (secondary N) is 1. The van der Waals surface area contributed by atoms with E-state index in [9.17, 15) is 0 Å². The Labute approximate surface area is 58.6 Å². The molecule has 0 saturated carbocycles. The average molecular weight is 135 g/mol. The maximum absolute atomic E-state index is 6.98. The van der Waals surface area contributed by atoms with Gasteiger partial charge in [-0.2, -0.15) is 0 Å². The van der Waals surface area contributed by atoms with Crippen molar-refractivity contribution in [2.24, 2.45) is 5.73 Å². The van der Waals surface area contributed by atoms with Crippen LogP contribution in [0.4, 0.5) is 0 Å². The molecule has 0 bridgehead atoms. The first kappa shape index (κ1) is 6.67. The van der Waals surface area contributed by atoms with Gasteiger partial charge in [-0.1, -0.05) is 0 Å². The van der Waals surface area contributed by atoms with E-state index in [1.165, 1.54) is 12.4 Å². The highest BCUT2D eigenvalue weighted by molar-refractivity contribution is 5.92. The summed E-state index contributed by atoms with van der Waals surface area (Å²) in [5.41, 5.74) is 6.02. The number of nitrogens with zero attached hydrogens (tertiary/aromatic N) is 2. The van der Waals surface area contributed by atoms with Crippen molar-refractivity contribution in [3.8, 4) is 0 Å². The molecule has 0 aromatic carbocycles. The molecule has 0 aliphatic rings. The number of amidine groups is 1.